The Labute approximate surface area is 92.9 Å². The molecule has 0 bridgehead atoms. The van der Waals surface area contributed by atoms with Crippen LogP contribution in [0.25, 0.3) is 0 Å². The van der Waals surface area contributed by atoms with E-state index in [1.165, 1.54) is 12.8 Å². The molecule has 1 rings (SSSR count). The highest BCUT2D eigenvalue weighted by molar-refractivity contribution is 7.89. The summed E-state index contributed by atoms with van der Waals surface area (Å²) in [6, 6.07) is 0.580. The fourth-order valence-electron chi connectivity index (χ4n) is 1.71. The van der Waals surface area contributed by atoms with Crippen LogP contribution < -0.4 is 10.0 Å². The van der Waals surface area contributed by atoms with Gasteiger partial charge in [0.05, 0.1) is 5.75 Å². The Bertz CT molecular complexity index is 273. The minimum Gasteiger partial charge on any atom is -0.312 e. The molecule has 1 saturated carbocycles. The average Bonchev–Trinajstić information content (AvgIpc) is 3.02. The Hall–Kier alpha value is -0.130. The van der Waals surface area contributed by atoms with Crippen molar-refractivity contribution in [1.82, 2.24) is 10.0 Å². The van der Waals surface area contributed by atoms with Gasteiger partial charge in [-0.3, -0.25) is 0 Å². The van der Waals surface area contributed by atoms with E-state index in [1.807, 2.05) is 0 Å². The van der Waals surface area contributed by atoms with E-state index in [1.54, 1.807) is 6.92 Å². The molecule has 0 aromatic rings. The number of hydrogen-bond donors (Lipinski definition) is 2. The molecule has 1 aliphatic carbocycles. The summed E-state index contributed by atoms with van der Waals surface area (Å²) in [6.07, 6.45) is 3.78. The molecular weight excluding hydrogens is 212 g/mol. The van der Waals surface area contributed by atoms with Crippen LogP contribution in [0.1, 0.15) is 33.1 Å². The van der Waals surface area contributed by atoms with E-state index in [4.69, 9.17) is 0 Å². The zero-order valence-corrected chi connectivity index (χ0v) is 10.4. The second-order valence-corrected chi connectivity index (χ2v) is 6.20. The summed E-state index contributed by atoms with van der Waals surface area (Å²) in [7, 11) is -3.02. The van der Waals surface area contributed by atoms with Crippen molar-refractivity contribution >= 4 is 10.0 Å². The van der Waals surface area contributed by atoms with E-state index >= 15 is 0 Å². The molecule has 1 unspecified atom stereocenters. The molecule has 0 aromatic carbocycles. The minimum absolute atomic E-state index is 0.160. The van der Waals surface area contributed by atoms with Gasteiger partial charge in [-0.25, -0.2) is 13.1 Å². The first-order valence-electron chi connectivity index (χ1n) is 5.79. The van der Waals surface area contributed by atoms with Gasteiger partial charge in [0.2, 0.25) is 10.0 Å². The Morgan fingerprint density at radius 1 is 1.27 bits per heavy atom. The molecular formula is C10H22N2O2S. The van der Waals surface area contributed by atoms with Crippen molar-refractivity contribution < 1.29 is 8.42 Å². The van der Waals surface area contributed by atoms with Gasteiger partial charge in [0, 0.05) is 19.1 Å². The van der Waals surface area contributed by atoms with Crippen molar-refractivity contribution in [3.05, 3.63) is 0 Å². The summed E-state index contributed by atoms with van der Waals surface area (Å²) < 4.78 is 24.8. The lowest BCUT2D eigenvalue weighted by molar-refractivity contribution is 0.452. The number of nitrogens with one attached hydrogen (secondary N) is 2. The van der Waals surface area contributed by atoms with Crippen LogP contribution in [0.3, 0.4) is 0 Å². The summed E-state index contributed by atoms with van der Waals surface area (Å²) in [5.74, 6) is 0.991. The van der Waals surface area contributed by atoms with Crippen molar-refractivity contribution in [2.24, 2.45) is 5.92 Å². The minimum atomic E-state index is -3.02. The molecule has 4 nitrogen and oxygen atoms in total. The first kappa shape index (κ1) is 12.9. The summed E-state index contributed by atoms with van der Waals surface area (Å²) in [6.45, 7) is 5.05. The third kappa shape index (κ3) is 4.95. The lowest BCUT2D eigenvalue weighted by atomic mass is 10.1. The van der Waals surface area contributed by atoms with Gasteiger partial charge in [-0.05, 0) is 32.1 Å². The summed E-state index contributed by atoms with van der Waals surface area (Å²) >= 11 is 0. The van der Waals surface area contributed by atoms with Crippen LogP contribution in [-0.4, -0.2) is 33.3 Å². The molecule has 0 amide bonds. The predicted molar refractivity (Wildman–Crippen MR) is 62.3 cm³/mol. The van der Waals surface area contributed by atoms with Gasteiger partial charge in [-0.2, -0.15) is 0 Å². The summed E-state index contributed by atoms with van der Waals surface area (Å²) in [4.78, 5) is 0. The SMILES string of the molecule is CCC(NCCNS(=O)(=O)CC)C1CC1. The molecule has 5 heteroatoms. The van der Waals surface area contributed by atoms with Gasteiger partial charge in [0.1, 0.15) is 0 Å². The van der Waals surface area contributed by atoms with Crippen LogP contribution in [0.4, 0.5) is 0 Å². The predicted octanol–water partition coefficient (Wildman–Crippen LogP) is 0.704. The molecule has 0 aliphatic heterocycles. The maximum atomic E-state index is 11.1. The topological polar surface area (TPSA) is 58.2 Å². The second kappa shape index (κ2) is 5.82. The van der Waals surface area contributed by atoms with E-state index in [-0.39, 0.29) is 5.75 Å². The normalized spacial score (nSPS) is 19.1. The highest BCUT2D eigenvalue weighted by atomic mass is 32.2. The van der Waals surface area contributed by atoms with Crippen LogP contribution in [0.5, 0.6) is 0 Å². The second-order valence-electron chi connectivity index (χ2n) is 4.10. The molecule has 0 saturated heterocycles. The quantitative estimate of drug-likeness (QED) is 0.608. The highest BCUT2D eigenvalue weighted by Gasteiger charge is 2.29. The van der Waals surface area contributed by atoms with Crippen LogP contribution in [-0.2, 0) is 10.0 Å². The van der Waals surface area contributed by atoms with Crippen molar-refractivity contribution in [3.63, 3.8) is 0 Å². The Morgan fingerprint density at radius 2 is 1.93 bits per heavy atom. The molecule has 2 N–H and O–H groups in total. The summed E-state index contributed by atoms with van der Waals surface area (Å²) in [5, 5.41) is 3.40. The molecule has 15 heavy (non-hydrogen) atoms. The summed E-state index contributed by atoms with van der Waals surface area (Å²) in [5.41, 5.74) is 0. The van der Waals surface area contributed by atoms with Gasteiger partial charge in [-0.1, -0.05) is 6.92 Å². The van der Waals surface area contributed by atoms with Gasteiger partial charge in [0.15, 0.2) is 0 Å². The van der Waals surface area contributed by atoms with Crippen LogP contribution in [0, 0.1) is 5.92 Å². The molecule has 1 atom stereocenters. The first-order valence-corrected chi connectivity index (χ1v) is 7.45. The van der Waals surface area contributed by atoms with Crippen LogP contribution in [0.15, 0.2) is 0 Å². The third-order valence-corrected chi connectivity index (χ3v) is 4.27. The van der Waals surface area contributed by atoms with E-state index in [0.29, 0.717) is 12.6 Å². The third-order valence-electron chi connectivity index (χ3n) is 2.86. The Morgan fingerprint density at radius 3 is 2.40 bits per heavy atom. The Kier molecular flexibility index (Phi) is 5.02. The fourth-order valence-corrected chi connectivity index (χ4v) is 2.33. The standard InChI is InChI=1S/C10H22N2O2S/c1-3-10(9-5-6-9)11-7-8-12-15(13,14)4-2/h9-12H,3-8H2,1-2H3. The van der Waals surface area contributed by atoms with Crippen molar-refractivity contribution in [3.8, 4) is 0 Å². The van der Waals surface area contributed by atoms with Gasteiger partial charge >= 0.3 is 0 Å². The maximum absolute atomic E-state index is 11.1. The lowest BCUT2D eigenvalue weighted by Crippen LogP contribution is -2.38. The number of rotatable bonds is 8. The molecule has 90 valence electrons. The van der Waals surface area contributed by atoms with Gasteiger partial charge in [-0.15, -0.1) is 0 Å². The zero-order valence-electron chi connectivity index (χ0n) is 9.62. The largest absolute Gasteiger partial charge is 0.312 e. The van der Waals surface area contributed by atoms with E-state index in [2.05, 4.69) is 17.0 Å². The zero-order chi connectivity index (χ0) is 11.3. The monoisotopic (exact) mass is 234 g/mol. The fraction of sp³-hybridized carbons (Fsp3) is 1.00. The highest BCUT2D eigenvalue weighted by Crippen LogP contribution is 2.33. The van der Waals surface area contributed by atoms with E-state index in [9.17, 15) is 8.42 Å². The van der Waals surface area contributed by atoms with Crippen molar-refractivity contribution in [2.75, 3.05) is 18.8 Å². The molecule has 1 fully saturated rings. The maximum Gasteiger partial charge on any atom is 0.211 e. The average molecular weight is 234 g/mol. The molecule has 0 radical (unpaired) electrons. The van der Waals surface area contributed by atoms with Crippen LogP contribution >= 0.6 is 0 Å². The van der Waals surface area contributed by atoms with E-state index in [0.717, 1.165) is 18.9 Å². The molecule has 1 aliphatic rings. The van der Waals surface area contributed by atoms with Crippen molar-refractivity contribution in [2.45, 2.75) is 39.2 Å². The van der Waals surface area contributed by atoms with E-state index < -0.39 is 10.0 Å². The van der Waals surface area contributed by atoms with Gasteiger partial charge in [0.25, 0.3) is 0 Å². The lowest BCUT2D eigenvalue weighted by Gasteiger charge is -2.16. The van der Waals surface area contributed by atoms with Crippen LogP contribution in [0.2, 0.25) is 0 Å². The Balaban J connectivity index is 2.10. The number of hydrogen-bond acceptors (Lipinski definition) is 3. The first-order chi connectivity index (χ1) is 7.09. The van der Waals surface area contributed by atoms with Crippen molar-refractivity contribution in [1.29, 1.82) is 0 Å². The van der Waals surface area contributed by atoms with Gasteiger partial charge < -0.3 is 5.32 Å². The number of sulfonamides is 1. The molecule has 0 aromatic heterocycles. The molecule has 0 heterocycles. The smallest absolute Gasteiger partial charge is 0.211 e. The molecule has 0 spiro atoms.